The number of aromatic nitrogens is 2. The molecule has 0 bridgehead atoms. The van der Waals surface area contributed by atoms with E-state index in [4.69, 9.17) is 0 Å². The van der Waals surface area contributed by atoms with Gasteiger partial charge < -0.3 is 9.13 Å². The van der Waals surface area contributed by atoms with Crippen molar-refractivity contribution in [3.8, 4) is 34.6 Å². The van der Waals surface area contributed by atoms with Crippen molar-refractivity contribution < 1.29 is 0 Å². The molecule has 0 radical (unpaired) electrons. The first-order chi connectivity index (χ1) is 20.8. The third-order valence-electron chi connectivity index (χ3n) is 8.20. The van der Waals surface area contributed by atoms with Crippen LogP contribution in [-0.4, -0.2) is 9.13 Å². The lowest BCUT2D eigenvalue weighted by Crippen LogP contribution is -2.00. The van der Waals surface area contributed by atoms with Gasteiger partial charge in [0.2, 0.25) is 0 Å². The average Bonchev–Trinajstić information content (AvgIpc) is 3.58. The van der Waals surface area contributed by atoms with Crippen molar-refractivity contribution in [3.05, 3.63) is 145 Å². The van der Waals surface area contributed by atoms with Gasteiger partial charge in [-0.15, -0.1) is 0 Å². The fraction of sp³-hybridized carbons (Fsp3) is 0. The Kier molecular flexibility index (Phi) is 5.22. The highest BCUT2D eigenvalue weighted by molar-refractivity contribution is 6.14. The van der Waals surface area contributed by atoms with Gasteiger partial charge in [0, 0.05) is 44.0 Å². The van der Waals surface area contributed by atoms with Crippen LogP contribution >= 0.6 is 0 Å². The summed E-state index contributed by atoms with van der Waals surface area (Å²) < 4.78 is 4.59. The second-order valence-corrected chi connectivity index (χ2v) is 10.4. The predicted molar refractivity (Wildman–Crippen MR) is 170 cm³/mol. The molecule has 0 atom stereocenters. The zero-order valence-corrected chi connectivity index (χ0v) is 22.5. The minimum absolute atomic E-state index is 0.484. The van der Waals surface area contributed by atoms with Crippen LogP contribution in [0.15, 0.2) is 133 Å². The van der Waals surface area contributed by atoms with Crippen LogP contribution in [0.3, 0.4) is 0 Å². The molecule has 0 aliphatic carbocycles. The standard InChI is InChI=1S/C38H22N4/c39-23-25-10-7-11-26(24-40)37(25)33-18-9-17-32-31-16-3-6-21-36(31)42(38(32)33)28-13-8-12-27(22-28)41-34-19-4-1-14-29(34)30-15-2-5-20-35(30)41/h1-22H. The Balaban J connectivity index is 1.48. The van der Waals surface area contributed by atoms with Crippen molar-refractivity contribution >= 4 is 43.6 Å². The van der Waals surface area contributed by atoms with Gasteiger partial charge in [-0.25, -0.2) is 0 Å². The van der Waals surface area contributed by atoms with Crippen LogP contribution in [0.25, 0.3) is 66.1 Å². The number of benzene rings is 6. The van der Waals surface area contributed by atoms with Gasteiger partial charge in [0.15, 0.2) is 0 Å². The van der Waals surface area contributed by atoms with Gasteiger partial charge in [-0.2, -0.15) is 10.5 Å². The Bertz CT molecular complexity index is 2360. The van der Waals surface area contributed by atoms with Crippen LogP contribution in [0, 0.1) is 22.7 Å². The molecule has 8 rings (SSSR count). The Morgan fingerprint density at radius 3 is 1.48 bits per heavy atom. The molecule has 42 heavy (non-hydrogen) atoms. The SMILES string of the molecule is N#Cc1cccc(C#N)c1-c1cccc2c3ccccc3n(-c3cccc(-n4c5ccccc5c5ccccc54)c3)c12. The first-order valence-electron chi connectivity index (χ1n) is 13.8. The molecule has 2 aromatic heterocycles. The van der Waals surface area contributed by atoms with Crippen LogP contribution < -0.4 is 0 Å². The van der Waals surface area contributed by atoms with Gasteiger partial charge in [0.1, 0.15) is 0 Å². The van der Waals surface area contributed by atoms with Gasteiger partial charge in [0.05, 0.1) is 45.3 Å². The Morgan fingerprint density at radius 1 is 0.429 bits per heavy atom. The second kappa shape index (κ2) is 9.24. The summed E-state index contributed by atoms with van der Waals surface area (Å²) in [4.78, 5) is 0. The number of nitrogens with zero attached hydrogens (tertiary/aromatic N) is 4. The molecule has 2 heterocycles. The maximum Gasteiger partial charge on any atom is 0.0998 e. The van der Waals surface area contributed by atoms with E-state index in [1.54, 1.807) is 18.2 Å². The van der Waals surface area contributed by atoms with Crippen LogP contribution in [0.2, 0.25) is 0 Å². The lowest BCUT2D eigenvalue weighted by Gasteiger charge is -2.15. The Labute approximate surface area is 242 Å². The van der Waals surface area contributed by atoms with E-state index in [1.807, 2.05) is 12.1 Å². The third kappa shape index (κ3) is 3.33. The second-order valence-electron chi connectivity index (χ2n) is 10.4. The van der Waals surface area contributed by atoms with E-state index < -0.39 is 0 Å². The summed E-state index contributed by atoms with van der Waals surface area (Å²) in [6.07, 6.45) is 0. The lowest BCUT2D eigenvalue weighted by atomic mass is 9.93. The molecular weight excluding hydrogens is 512 g/mol. The molecule has 0 saturated carbocycles. The number of rotatable bonds is 3. The molecule has 0 amide bonds. The zero-order chi connectivity index (χ0) is 28.2. The number of hydrogen-bond donors (Lipinski definition) is 0. The first kappa shape index (κ1) is 23.8. The van der Waals surface area contributed by atoms with Crippen LogP contribution in [0.5, 0.6) is 0 Å². The van der Waals surface area contributed by atoms with Crippen molar-refractivity contribution in [1.29, 1.82) is 10.5 Å². The number of nitriles is 2. The van der Waals surface area contributed by atoms with Crippen molar-refractivity contribution in [2.24, 2.45) is 0 Å². The monoisotopic (exact) mass is 534 g/mol. The number of para-hydroxylation sites is 4. The van der Waals surface area contributed by atoms with E-state index in [1.165, 1.54) is 10.8 Å². The number of hydrogen-bond acceptors (Lipinski definition) is 2. The summed E-state index contributed by atoms with van der Waals surface area (Å²) in [5.41, 5.74) is 8.89. The van der Waals surface area contributed by atoms with Gasteiger partial charge in [0.25, 0.3) is 0 Å². The molecule has 4 heteroatoms. The predicted octanol–water partition coefficient (Wildman–Crippen LogP) is 9.29. The summed E-state index contributed by atoms with van der Waals surface area (Å²) in [5, 5.41) is 24.7. The fourth-order valence-corrected chi connectivity index (χ4v) is 6.49. The highest BCUT2D eigenvalue weighted by Crippen LogP contribution is 2.41. The van der Waals surface area contributed by atoms with E-state index in [0.717, 1.165) is 49.8 Å². The molecule has 0 aliphatic heterocycles. The molecular formula is C38H22N4. The molecule has 0 saturated heterocycles. The van der Waals surface area contributed by atoms with Crippen molar-refractivity contribution in [1.82, 2.24) is 9.13 Å². The normalized spacial score (nSPS) is 11.3. The van der Waals surface area contributed by atoms with Gasteiger partial charge in [-0.1, -0.05) is 84.9 Å². The Morgan fingerprint density at radius 2 is 0.881 bits per heavy atom. The largest absolute Gasteiger partial charge is 0.309 e. The third-order valence-corrected chi connectivity index (χ3v) is 8.20. The maximum atomic E-state index is 10.0. The molecule has 0 N–H and O–H groups in total. The molecule has 0 aliphatic rings. The lowest BCUT2D eigenvalue weighted by molar-refractivity contribution is 1.13. The van der Waals surface area contributed by atoms with E-state index >= 15 is 0 Å². The minimum Gasteiger partial charge on any atom is -0.309 e. The van der Waals surface area contributed by atoms with Crippen molar-refractivity contribution in [3.63, 3.8) is 0 Å². The quantitative estimate of drug-likeness (QED) is 0.227. The molecule has 8 aromatic rings. The van der Waals surface area contributed by atoms with Crippen LogP contribution in [0.1, 0.15) is 11.1 Å². The van der Waals surface area contributed by atoms with Gasteiger partial charge >= 0.3 is 0 Å². The summed E-state index contributed by atoms with van der Waals surface area (Å²) >= 11 is 0. The molecule has 0 spiro atoms. The van der Waals surface area contributed by atoms with Gasteiger partial charge in [-0.05, 0) is 48.5 Å². The summed E-state index contributed by atoms with van der Waals surface area (Å²) in [6.45, 7) is 0. The maximum absolute atomic E-state index is 10.0. The first-order valence-corrected chi connectivity index (χ1v) is 13.8. The van der Waals surface area contributed by atoms with Gasteiger partial charge in [-0.3, -0.25) is 0 Å². The van der Waals surface area contributed by atoms with E-state index in [9.17, 15) is 10.5 Å². The summed E-state index contributed by atoms with van der Waals surface area (Å²) in [7, 11) is 0. The fourth-order valence-electron chi connectivity index (χ4n) is 6.49. The number of fused-ring (bicyclic) bond motifs is 6. The molecule has 0 fully saturated rings. The van der Waals surface area contributed by atoms with Crippen molar-refractivity contribution in [2.45, 2.75) is 0 Å². The molecule has 4 nitrogen and oxygen atoms in total. The van der Waals surface area contributed by atoms with E-state index in [2.05, 4.69) is 124 Å². The highest BCUT2D eigenvalue weighted by Gasteiger charge is 2.20. The smallest absolute Gasteiger partial charge is 0.0998 e. The molecule has 0 unspecified atom stereocenters. The average molecular weight is 535 g/mol. The highest BCUT2D eigenvalue weighted by atomic mass is 15.0. The molecule has 194 valence electrons. The topological polar surface area (TPSA) is 57.4 Å². The zero-order valence-electron chi connectivity index (χ0n) is 22.5. The minimum atomic E-state index is 0.484. The van der Waals surface area contributed by atoms with E-state index in [-0.39, 0.29) is 0 Å². The van der Waals surface area contributed by atoms with Crippen LogP contribution in [0.4, 0.5) is 0 Å². The summed E-state index contributed by atoms with van der Waals surface area (Å²) in [5.74, 6) is 0. The summed E-state index contributed by atoms with van der Waals surface area (Å²) in [6, 6.07) is 50.1. The van der Waals surface area contributed by atoms with Crippen LogP contribution in [-0.2, 0) is 0 Å². The molecule has 6 aromatic carbocycles. The Hall–Kier alpha value is -6.10. The van der Waals surface area contributed by atoms with E-state index in [0.29, 0.717) is 16.7 Å². The van der Waals surface area contributed by atoms with Crippen molar-refractivity contribution in [2.75, 3.05) is 0 Å².